The molecule has 1 saturated heterocycles. The first-order chi connectivity index (χ1) is 10.4. The molecule has 1 N–H and O–H groups in total. The monoisotopic (exact) mass is 337 g/mol. The van der Waals surface area contributed by atoms with Gasteiger partial charge in [-0.25, -0.2) is 8.42 Å². The van der Waals surface area contributed by atoms with E-state index in [1.54, 1.807) is 0 Å². The number of carbonyl (C=O) groups is 1. The molecular formula is C14H15N3O3S2. The second kappa shape index (κ2) is 5.77. The lowest BCUT2D eigenvalue weighted by molar-refractivity contribution is 0.0936. The van der Waals surface area contributed by atoms with Gasteiger partial charge < -0.3 is 5.32 Å². The number of nitrogens with zero attached hydrogens (tertiary/aromatic N) is 2. The summed E-state index contributed by atoms with van der Waals surface area (Å²) in [7, 11) is -3.03. The summed E-state index contributed by atoms with van der Waals surface area (Å²) in [6, 6.07) is 7.41. The Balaban J connectivity index is 1.80. The van der Waals surface area contributed by atoms with E-state index in [1.807, 2.05) is 31.2 Å². The van der Waals surface area contributed by atoms with Gasteiger partial charge in [0.2, 0.25) is 0 Å². The van der Waals surface area contributed by atoms with Crippen molar-refractivity contribution in [2.45, 2.75) is 19.4 Å². The van der Waals surface area contributed by atoms with Crippen LogP contribution >= 0.6 is 11.5 Å². The van der Waals surface area contributed by atoms with Gasteiger partial charge in [0.15, 0.2) is 15.5 Å². The Kier molecular flexibility index (Phi) is 3.96. The molecule has 3 rings (SSSR count). The summed E-state index contributed by atoms with van der Waals surface area (Å²) < 4.78 is 26.8. The number of amides is 1. The average molecular weight is 337 g/mol. The molecule has 2 heterocycles. The third kappa shape index (κ3) is 3.17. The van der Waals surface area contributed by atoms with Crippen molar-refractivity contribution in [1.29, 1.82) is 0 Å². The molecule has 1 unspecified atom stereocenters. The number of nitrogens with one attached hydrogen (secondary N) is 1. The molecule has 1 aromatic heterocycles. The van der Waals surface area contributed by atoms with Crippen LogP contribution in [0.25, 0.3) is 10.4 Å². The Morgan fingerprint density at radius 1 is 1.32 bits per heavy atom. The Hall–Kier alpha value is -1.80. The minimum atomic E-state index is -3.03. The van der Waals surface area contributed by atoms with Gasteiger partial charge in [-0.3, -0.25) is 4.79 Å². The van der Waals surface area contributed by atoms with Gasteiger partial charge in [0.1, 0.15) is 0 Å². The fourth-order valence-corrected chi connectivity index (χ4v) is 4.74. The molecule has 1 aromatic carbocycles. The topological polar surface area (TPSA) is 89.0 Å². The van der Waals surface area contributed by atoms with Crippen LogP contribution in [0.3, 0.4) is 0 Å². The minimum Gasteiger partial charge on any atom is -0.347 e. The smallest absolute Gasteiger partial charge is 0.273 e. The number of aryl methyl sites for hydroxylation is 1. The van der Waals surface area contributed by atoms with Crippen molar-refractivity contribution in [3.05, 3.63) is 35.5 Å². The zero-order valence-corrected chi connectivity index (χ0v) is 13.6. The van der Waals surface area contributed by atoms with Crippen LogP contribution in [0.2, 0.25) is 0 Å². The summed E-state index contributed by atoms with van der Waals surface area (Å²) in [5.74, 6) is -0.250. The van der Waals surface area contributed by atoms with Crippen molar-refractivity contribution >= 4 is 27.3 Å². The van der Waals surface area contributed by atoms with E-state index in [2.05, 4.69) is 14.9 Å². The molecule has 0 saturated carbocycles. The molecule has 1 atom stereocenters. The van der Waals surface area contributed by atoms with Crippen molar-refractivity contribution in [3.8, 4) is 10.4 Å². The van der Waals surface area contributed by atoms with Crippen LogP contribution in [-0.4, -0.2) is 41.5 Å². The highest BCUT2D eigenvalue weighted by molar-refractivity contribution is 7.91. The van der Waals surface area contributed by atoms with Gasteiger partial charge in [-0.05, 0) is 30.4 Å². The van der Waals surface area contributed by atoms with E-state index in [9.17, 15) is 13.2 Å². The van der Waals surface area contributed by atoms with E-state index in [0.29, 0.717) is 11.3 Å². The first-order valence-electron chi connectivity index (χ1n) is 6.85. The van der Waals surface area contributed by atoms with Crippen molar-refractivity contribution in [3.63, 3.8) is 0 Å². The normalized spacial score (nSPS) is 20.0. The molecule has 0 aliphatic carbocycles. The summed E-state index contributed by atoms with van der Waals surface area (Å²) >= 11 is 1.15. The number of hydrogen-bond acceptors (Lipinski definition) is 6. The summed E-state index contributed by atoms with van der Waals surface area (Å²) in [6.45, 7) is 1.99. The maximum absolute atomic E-state index is 12.3. The van der Waals surface area contributed by atoms with Crippen LogP contribution in [0.5, 0.6) is 0 Å². The molecule has 1 aliphatic rings. The van der Waals surface area contributed by atoms with Crippen molar-refractivity contribution in [2.75, 3.05) is 11.5 Å². The van der Waals surface area contributed by atoms with Crippen LogP contribution in [0, 0.1) is 6.92 Å². The predicted molar refractivity (Wildman–Crippen MR) is 84.6 cm³/mol. The number of sulfone groups is 1. The highest BCUT2D eigenvalue weighted by atomic mass is 32.2. The lowest BCUT2D eigenvalue weighted by atomic mass is 10.1. The summed E-state index contributed by atoms with van der Waals surface area (Å²) in [5, 5.41) is 6.64. The van der Waals surface area contributed by atoms with Gasteiger partial charge >= 0.3 is 0 Å². The van der Waals surface area contributed by atoms with Gasteiger partial charge in [-0.1, -0.05) is 34.3 Å². The summed E-state index contributed by atoms with van der Waals surface area (Å²) in [6.07, 6.45) is 0.450. The number of hydrogen-bond donors (Lipinski definition) is 1. The molecule has 0 radical (unpaired) electrons. The van der Waals surface area contributed by atoms with Crippen LogP contribution < -0.4 is 5.32 Å². The van der Waals surface area contributed by atoms with E-state index < -0.39 is 9.84 Å². The first-order valence-corrected chi connectivity index (χ1v) is 9.45. The maximum atomic E-state index is 12.3. The standard InChI is InChI=1S/C14H15N3O3S2/c1-9-2-4-10(5-3-9)13-12(16-17-21-13)14(18)15-11-6-7-22(19,20)8-11/h2-5,11H,6-8H2,1H3,(H,15,18). The Morgan fingerprint density at radius 2 is 2.05 bits per heavy atom. The molecule has 6 nitrogen and oxygen atoms in total. The largest absolute Gasteiger partial charge is 0.347 e. The number of aromatic nitrogens is 2. The van der Waals surface area contributed by atoms with E-state index >= 15 is 0 Å². The molecule has 0 spiro atoms. The lowest BCUT2D eigenvalue weighted by Gasteiger charge is -2.10. The van der Waals surface area contributed by atoms with Crippen molar-refractivity contribution in [1.82, 2.24) is 14.9 Å². The Morgan fingerprint density at radius 3 is 2.68 bits per heavy atom. The lowest BCUT2D eigenvalue weighted by Crippen LogP contribution is -2.36. The van der Waals surface area contributed by atoms with Gasteiger partial charge in [0.25, 0.3) is 5.91 Å². The Bertz CT molecular complexity index is 797. The highest BCUT2D eigenvalue weighted by Crippen LogP contribution is 2.26. The SMILES string of the molecule is Cc1ccc(-c2snnc2C(=O)NC2CCS(=O)(=O)C2)cc1. The molecule has 1 amide bonds. The third-order valence-electron chi connectivity index (χ3n) is 3.58. The van der Waals surface area contributed by atoms with Crippen LogP contribution in [-0.2, 0) is 9.84 Å². The predicted octanol–water partition coefficient (Wildman–Crippen LogP) is 1.43. The fraction of sp³-hybridized carbons (Fsp3) is 0.357. The van der Waals surface area contributed by atoms with E-state index in [4.69, 9.17) is 0 Å². The first kappa shape index (κ1) is 15.1. The van der Waals surface area contributed by atoms with Gasteiger partial charge in [0, 0.05) is 6.04 Å². The zero-order valence-electron chi connectivity index (χ0n) is 11.9. The van der Waals surface area contributed by atoms with E-state index in [-0.39, 0.29) is 29.1 Å². The quantitative estimate of drug-likeness (QED) is 0.915. The highest BCUT2D eigenvalue weighted by Gasteiger charge is 2.30. The summed E-state index contributed by atoms with van der Waals surface area (Å²) in [4.78, 5) is 13.0. The second-order valence-corrected chi connectivity index (χ2v) is 8.37. The molecule has 2 aromatic rings. The molecule has 8 heteroatoms. The molecule has 0 bridgehead atoms. The minimum absolute atomic E-state index is 0.00380. The van der Waals surface area contributed by atoms with Crippen molar-refractivity contribution in [2.24, 2.45) is 0 Å². The molecule has 22 heavy (non-hydrogen) atoms. The maximum Gasteiger partial charge on any atom is 0.273 e. The van der Waals surface area contributed by atoms with E-state index in [1.165, 1.54) is 0 Å². The van der Waals surface area contributed by atoms with Crippen molar-refractivity contribution < 1.29 is 13.2 Å². The number of rotatable bonds is 3. The third-order valence-corrected chi connectivity index (χ3v) is 6.13. The molecule has 1 aliphatic heterocycles. The zero-order chi connectivity index (χ0) is 15.7. The van der Waals surface area contributed by atoms with Gasteiger partial charge in [0.05, 0.1) is 16.4 Å². The van der Waals surface area contributed by atoms with E-state index in [0.717, 1.165) is 22.7 Å². The van der Waals surface area contributed by atoms with Crippen LogP contribution in [0.15, 0.2) is 24.3 Å². The molecular weight excluding hydrogens is 322 g/mol. The van der Waals surface area contributed by atoms with Crippen LogP contribution in [0.1, 0.15) is 22.5 Å². The fourth-order valence-electron chi connectivity index (χ4n) is 2.40. The second-order valence-electron chi connectivity index (χ2n) is 5.39. The van der Waals surface area contributed by atoms with Crippen LogP contribution in [0.4, 0.5) is 0 Å². The Labute approximate surface area is 132 Å². The number of carbonyl (C=O) groups excluding carboxylic acids is 1. The molecule has 1 fully saturated rings. The molecule has 116 valence electrons. The van der Waals surface area contributed by atoms with Gasteiger partial charge in [-0.15, -0.1) is 5.10 Å². The number of benzene rings is 1. The average Bonchev–Trinajstić information content (AvgIpc) is 3.06. The van der Waals surface area contributed by atoms with Gasteiger partial charge in [-0.2, -0.15) is 0 Å². The summed E-state index contributed by atoms with van der Waals surface area (Å²) in [5.41, 5.74) is 2.26.